The average Bonchev–Trinajstić information content (AvgIpc) is 2.44. The lowest BCUT2D eigenvalue weighted by molar-refractivity contribution is 0.0906. The summed E-state index contributed by atoms with van der Waals surface area (Å²) in [6.45, 7) is 8.68. The molecule has 0 bridgehead atoms. The third-order valence-electron chi connectivity index (χ3n) is 2.83. The summed E-state index contributed by atoms with van der Waals surface area (Å²) in [5, 5.41) is 6.19. The number of carbonyl (C=O) groups is 1. The molecule has 0 saturated carbocycles. The second kappa shape index (κ2) is 9.58. The van der Waals surface area contributed by atoms with E-state index in [4.69, 9.17) is 16.3 Å². The van der Waals surface area contributed by atoms with Crippen LogP contribution in [-0.2, 0) is 4.74 Å². The maximum absolute atomic E-state index is 12.1. The van der Waals surface area contributed by atoms with E-state index in [9.17, 15) is 4.79 Å². The number of hydrogen-bond donors (Lipinski definition) is 2. The van der Waals surface area contributed by atoms with Crippen molar-refractivity contribution in [2.45, 2.75) is 27.2 Å². The number of hydrogen-bond acceptors (Lipinski definition) is 4. The molecule has 0 fully saturated rings. The summed E-state index contributed by atoms with van der Waals surface area (Å²) in [6.07, 6.45) is 2.50. The molecule has 1 rings (SSSR count). The summed E-state index contributed by atoms with van der Waals surface area (Å²) >= 11 is 6.01. The van der Waals surface area contributed by atoms with E-state index in [2.05, 4.69) is 29.5 Å². The minimum Gasteiger partial charge on any atom is -0.380 e. The van der Waals surface area contributed by atoms with Gasteiger partial charge in [0.2, 0.25) is 0 Å². The van der Waals surface area contributed by atoms with Crippen molar-refractivity contribution in [1.29, 1.82) is 0 Å². The third kappa shape index (κ3) is 6.78. The molecule has 2 N–H and O–H groups in total. The van der Waals surface area contributed by atoms with Crippen LogP contribution in [0.15, 0.2) is 12.3 Å². The number of ether oxygens (including phenoxy) is 1. The Kier molecular flexibility index (Phi) is 8.08. The molecular weight excluding hydrogens is 290 g/mol. The van der Waals surface area contributed by atoms with Crippen molar-refractivity contribution in [1.82, 2.24) is 10.3 Å². The molecule has 0 unspecified atom stereocenters. The Hall–Kier alpha value is -1.33. The highest BCUT2D eigenvalue weighted by Crippen LogP contribution is 2.17. The van der Waals surface area contributed by atoms with E-state index in [-0.39, 0.29) is 5.91 Å². The predicted octanol–water partition coefficient (Wildman–Crippen LogP) is 2.96. The highest BCUT2D eigenvalue weighted by atomic mass is 35.5. The molecule has 0 aliphatic carbocycles. The van der Waals surface area contributed by atoms with Crippen molar-refractivity contribution in [2.75, 3.05) is 31.6 Å². The maximum Gasteiger partial charge on any atom is 0.253 e. The van der Waals surface area contributed by atoms with E-state index in [0.717, 1.165) is 13.0 Å². The van der Waals surface area contributed by atoms with Gasteiger partial charge >= 0.3 is 0 Å². The van der Waals surface area contributed by atoms with Crippen molar-refractivity contribution in [2.24, 2.45) is 5.92 Å². The van der Waals surface area contributed by atoms with E-state index in [0.29, 0.717) is 42.1 Å². The van der Waals surface area contributed by atoms with Gasteiger partial charge in [-0.15, -0.1) is 0 Å². The quantitative estimate of drug-likeness (QED) is 0.688. The number of carbonyl (C=O) groups excluding carboxylic acids is 1. The molecule has 0 spiro atoms. The molecule has 0 aliphatic heterocycles. The van der Waals surface area contributed by atoms with Crippen LogP contribution in [0.4, 0.5) is 5.82 Å². The number of amides is 1. The summed E-state index contributed by atoms with van der Waals surface area (Å²) in [7, 11) is 0. The van der Waals surface area contributed by atoms with Crippen LogP contribution in [0, 0.1) is 5.92 Å². The molecule has 5 nitrogen and oxygen atoms in total. The maximum atomic E-state index is 12.1. The molecule has 1 aromatic rings. The van der Waals surface area contributed by atoms with E-state index >= 15 is 0 Å². The number of pyridine rings is 1. The summed E-state index contributed by atoms with van der Waals surface area (Å²) in [5.74, 6) is 1.05. The number of nitrogens with one attached hydrogen (secondary N) is 2. The molecule has 0 aromatic carbocycles. The van der Waals surface area contributed by atoms with Crippen molar-refractivity contribution in [3.05, 3.63) is 22.8 Å². The fourth-order valence-corrected chi connectivity index (χ4v) is 1.83. The number of aromatic nitrogens is 1. The molecule has 0 radical (unpaired) electrons. The lowest BCUT2D eigenvalue weighted by atomic mass is 10.1. The smallest absolute Gasteiger partial charge is 0.253 e. The van der Waals surface area contributed by atoms with Gasteiger partial charge in [-0.3, -0.25) is 4.79 Å². The lowest BCUT2D eigenvalue weighted by Crippen LogP contribution is -2.27. The first-order valence-electron chi connectivity index (χ1n) is 7.30. The monoisotopic (exact) mass is 313 g/mol. The largest absolute Gasteiger partial charge is 0.380 e. The summed E-state index contributed by atoms with van der Waals surface area (Å²) in [5.41, 5.74) is 0.421. The lowest BCUT2D eigenvalue weighted by Gasteiger charge is -2.10. The number of nitrogens with zero attached hydrogens (tertiary/aromatic N) is 1. The van der Waals surface area contributed by atoms with Gasteiger partial charge < -0.3 is 15.4 Å². The third-order valence-corrected chi connectivity index (χ3v) is 3.13. The van der Waals surface area contributed by atoms with E-state index in [1.165, 1.54) is 6.20 Å². The Morgan fingerprint density at radius 2 is 2.19 bits per heavy atom. The van der Waals surface area contributed by atoms with Crippen LogP contribution in [0.5, 0.6) is 0 Å². The van der Waals surface area contributed by atoms with Crippen LogP contribution in [0.2, 0.25) is 5.02 Å². The summed E-state index contributed by atoms with van der Waals surface area (Å²) in [4.78, 5) is 16.2. The van der Waals surface area contributed by atoms with Crippen LogP contribution in [0.25, 0.3) is 0 Å². The number of anilines is 1. The molecule has 0 aliphatic rings. The first-order valence-corrected chi connectivity index (χ1v) is 7.67. The molecular formula is C15H24ClN3O2. The van der Waals surface area contributed by atoms with Crippen molar-refractivity contribution in [3.63, 3.8) is 0 Å². The Morgan fingerprint density at radius 3 is 2.86 bits per heavy atom. The zero-order valence-electron chi connectivity index (χ0n) is 12.9. The number of halogens is 1. The zero-order chi connectivity index (χ0) is 15.7. The van der Waals surface area contributed by atoms with Gasteiger partial charge in [-0.1, -0.05) is 25.4 Å². The van der Waals surface area contributed by atoms with Gasteiger partial charge in [0.15, 0.2) is 0 Å². The minimum absolute atomic E-state index is 0.214. The first kappa shape index (κ1) is 17.7. The second-order valence-electron chi connectivity index (χ2n) is 5.13. The predicted molar refractivity (Wildman–Crippen MR) is 86.0 cm³/mol. The standard InChI is InChI=1S/C15H24ClN3O2/c1-4-17-14-9-12(13(16)10-19-14)15(20)18-6-8-21-7-5-11(2)3/h9-11H,4-8H2,1-3H3,(H,17,19)(H,18,20). The molecule has 118 valence electrons. The van der Waals surface area contributed by atoms with Gasteiger partial charge in [-0.25, -0.2) is 4.98 Å². The average molecular weight is 314 g/mol. The van der Waals surface area contributed by atoms with Crippen LogP contribution in [0.1, 0.15) is 37.6 Å². The first-order chi connectivity index (χ1) is 10.0. The molecule has 0 atom stereocenters. The Labute approximate surface area is 131 Å². The minimum atomic E-state index is -0.214. The molecule has 1 heterocycles. The van der Waals surface area contributed by atoms with Gasteiger partial charge in [0.1, 0.15) is 5.82 Å². The molecule has 0 saturated heterocycles. The van der Waals surface area contributed by atoms with Gasteiger partial charge in [0.05, 0.1) is 17.2 Å². The topological polar surface area (TPSA) is 63.2 Å². The number of rotatable bonds is 9. The van der Waals surface area contributed by atoms with Crippen molar-refractivity contribution >= 4 is 23.3 Å². The summed E-state index contributed by atoms with van der Waals surface area (Å²) < 4.78 is 5.45. The van der Waals surface area contributed by atoms with Gasteiger partial charge in [-0.05, 0) is 25.3 Å². The van der Waals surface area contributed by atoms with Gasteiger partial charge in [0.25, 0.3) is 5.91 Å². The van der Waals surface area contributed by atoms with Crippen LogP contribution >= 0.6 is 11.6 Å². The van der Waals surface area contributed by atoms with Crippen molar-refractivity contribution in [3.8, 4) is 0 Å². The zero-order valence-corrected chi connectivity index (χ0v) is 13.7. The van der Waals surface area contributed by atoms with Crippen LogP contribution < -0.4 is 10.6 Å². The summed E-state index contributed by atoms with van der Waals surface area (Å²) in [6, 6.07) is 1.65. The fraction of sp³-hybridized carbons (Fsp3) is 0.600. The molecule has 21 heavy (non-hydrogen) atoms. The van der Waals surface area contributed by atoms with E-state index < -0.39 is 0 Å². The highest BCUT2D eigenvalue weighted by Gasteiger charge is 2.11. The molecule has 1 amide bonds. The SMILES string of the molecule is CCNc1cc(C(=O)NCCOCCC(C)C)c(Cl)cn1. The molecule has 6 heteroatoms. The second-order valence-corrected chi connectivity index (χ2v) is 5.54. The van der Waals surface area contributed by atoms with Gasteiger partial charge in [-0.2, -0.15) is 0 Å². The van der Waals surface area contributed by atoms with E-state index in [1.54, 1.807) is 6.07 Å². The Bertz CT molecular complexity index is 453. The normalized spacial score (nSPS) is 10.7. The van der Waals surface area contributed by atoms with Crippen LogP contribution in [-0.4, -0.2) is 37.2 Å². The Morgan fingerprint density at radius 1 is 1.43 bits per heavy atom. The molecule has 1 aromatic heterocycles. The van der Waals surface area contributed by atoms with E-state index in [1.807, 2.05) is 6.92 Å². The van der Waals surface area contributed by atoms with Crippen molar-refractivity contribution < 1.29 is 9.53 Å². The Balaban J connectivity index is 2.39. The van der Waals surface area contributed by atoms with Crippen LogP contribution in [0.3, 0.4) is 0 Å². The van der Waals surface area contributed by atoms with Gasteiger partial charge in [0, 0.05) is 25.9 Å². The highest BCUT2D eigenvalue weighted by molar-refractivity contribution is 6.33. The fourth-order valence-electron chi connectivity index (χ4n) is 1.64.